The Morgan fingerprint density at radius 2 is 1.22 bits per heavy atom. The molecule has 314 valence electrons. The molecular weight excluding hydrogens is 958 g/mol. The Hall–Kier alpha value is -7.13. The summed E-state index contributed by atoms with van der Waals surface area (Å²) in [6.07, 6.45) is 10.2. The summed E-state index contributed by atoms with van der Waals surface area (Å²) in [5, 5.41) is 0. The van der Waals surface area contributed by atoms with Crippen LogP contribution in [0.1, 0.15) is 59.4 Å². The van der Waals surface area contributed by atoms with E-state index in [0.29, 0.717) is 5.56 Å². The van der Waals surface area contributed by atoms with E-state index in [1.165, 1.54) is 0 Å². The molecule has 1 atom stereocenters. The zero-order chi connectivity index (χ0) is 41.9. The third-order valence-electron chi connectivity index (χ3n) is 11.4. The van der Waals surface area contributed by atoms with Crippen molar-refractivity contribution in [1.82, 2.24) is 15.0 Å². The van der Waals surface area contributed by atoms with Crippen molar-refractivity contribution in [3.05, 3.63) is 216 Å². The molecule has 0 bridgehead atoms. The van der Waals surface area contributed by atoms with Crippen molar-refractivity contribution in [1.29, 1.82) is 0 Å². The Balaban J connectivity index is 0.000000539. The van der Waals surface area contributed by atoms with Gasteiger partial charge in [0.15, 0.2) is 0 Å². The van der Waals surface area contributed by atoms with Crippen LogP contribution in [0.5, 0.6) is 11.5 Å². The second-order valence-electron chi connectivity index (χ2n) is 14.9. The molecule has 0 saturated carbocycles. The summed E-state index contributed by atoms with van der Waals surface area (Å²) < 4.78 is 6.75. The predicted octanol–water partition coefficient (Wildman–Crippen LogP) is 12.3. The molecule has 8 aromatic rings. The van der Waals surface area contributed by atoms with Gasteiger partial charge in [-0.15, -0.1) is 17.7 Å². The molecule has 63 heavy (non-hydrogen) atoms. The Kier molecular flexibility index (Phi) is 13.2. The first-order chi connectivity index (χ1) is 29.9. The van der Waals surface area contributed by atoms with E-state index < -0.39 is 5.54 Å². The number of hydrogen-bond donors (Lipinski definition) is 0. The standard InChI is InChI=1S/C46H37N5O2.C8H5.CH4.Pt/c1-4-50(5-2)34-21-23-38-44(29-34)53-43-26-30(3)16-22-37(43)46(38)36-13-7-6-12-35(36)45(52)51(46)33-19-17-31(18-20-33)32-27-41(39-14-8-10-24-47-39)49-42(28-32)40-15-9-11-25-48-40;1-2-8-6-4-3-5-7-8;;/h6-29H,4-5H2,1-3H3;3-7H;1H4;/q;-1;;/t46-;;;/m1.../s1. The molecule has 0 radical (unpaired) electrons. The summed E-state index contributed by atoms with van der Waals surface area (Å²) in [5.74, 6) is 3.72. The van der Waals surface area contributed by atoms with E-state index in [2.05, 4.69) is 120 Å². The van der Waals surface area contributed by atoms with Crippen LogP contribution in [0.4, 0.5) is 11.4 Å². The number of carbonyl (C=O) groups is 1. The number of nitrogens with zero attached hydrogens (tertiary/aromatic N) is 5. The second kappa shape index (κ2) is 18.9. The van der Waals surface area contributed by atoms with Crippen LogP contribution in [-0.2, 0) is 26.6 Å². The van der Waals surface area contributed by atoms with Crippen molar-refractivity contribution in [3.8, 4) is 51.3 Å². The number of anilines is 2. The Morgan fingerprint density at radius 3 is 1.81 bits per heavy atom. The van der Waals surface area contributed by atoms with E-state index in [1.807, 2.05) is 89.8 Å². The summed E-state index contributed by atoms with van der Waals surface area (Å²) in [6, 6.07) is 54.1. The largest absolute Gasteiger partial charge is 0.456 e. The van der Waals surface area contributed by atoms with Gasteiger partial charge in [-0.05, 0) is 104 Å². The normalized spacial score (nSPS) is 14.0. The third-order valence-corrected chi connectivity index (χ3v) is 11.4. The van der Waals surface area contributed by atoms with E-state index in [0.717, 1.165) is 97.7 Å². The Morgan fingerprint density at radius 1 is 0.635 bits per heavy atom. The SMILES string of the molecule is C.CCN(CC)c1ccc2c(c1)Oc1cc(C)ccc1[C@]21c2ccccc2C(=O)N1c1ccc(-c2cc(-c3ccccn3)nc(-c3ccccn3)c2)cc1.[C-]#Cc1ccccc1.[Pt]. The topological polar surface area (TPSA) is 71.5 Å². The molecule has 2 aliphatic rings. The molecule has 5 aromatic carbocycles. The van der Waals surface area contributed by atoms with E-state index in [4.69, 9.17) is 16.1 Å². The van der Waals surface area contributed by atoms with Gasteiger partial charge in [0, 0.05) is 86.2 Å². The maximum absolute atomic E-state index is 14.8. The van der Waals surface area contributed by atoms with E-state index in [9.17, 15) is 4.79 Å². The molecular formula is C55H46N5O2Pt-. The zero-order valence-corrected chi connectivity index (χ0v) is 36.8. The number of hydrogen-bond acceptors (Lipinski definition) is 6. The Bertz CT molecular complexity index is 2860. The minimum Gasteiger partial charge on any atom is -0.456 e. The molecule has 0 fully saturated rings. The number of rotatable bonds is 7. The average molecular weight is 1000 g/mol. The molecule has 10 rings (SSSR count). The Labute approximate surface area is 384 Å². The van der Waals surface area contributed by atoms with Crippen molar-refractivity contribution in [2.75, 3.05) is 22.9 Å². The summed E-state index contributed by atoms with van der Waals surface area (Å²) in [5.41, 5.74) is 11.3. The van der Waals surface area contributed by atoms with Crippen LogP contribution >= 0.6 is 0 Å². The van der Waals surface area contributed by atoms with Gasteiger partial charge in [-0.2, -0.15) is 0 Å². The maximum Gasteiger partial charge on any atom is 0.260 e. The number of amides is 1. The molecule has 1 amide bonds. The van der Waals surface area contributed by atoms with Crippen molar-refractivity contribution >= 4 is 17.3 Å². The molecule has 0 unspecified atom stereocenters. The number of aryl methyl sites for hydroxylation is 1. The van der Waals surface area contributed by atoms with Crippen LogP contribution in [0.25, 0.3) is 33.9 Å². The number of pyridine rings is 3. The van der Waals surface area contributed by atoms with Gasteiger partial charge in [0.05, 0.1) is 22.8 Å². The fourth-order valence-corrected chi connectivity index (χ4v) is 8.49. The molecule has 3 aromatic heterocycles. The summed E-state index contributed by atoms with van der Waals surface area (Å²) in [4.78, 5) is 33.2. The molecule has 5 heterocycles. The van der Waals surface area contributed by atoms with Crippen molar-refractivity contribution in [3.63, 3.8) is 0 Å². The van der Waals surface area contributed by atoms with Crippen LogP contribution < -0.4 is 14.5 Å². The first kappa shape index (κ1) is 43.9. The van der Waals surface area contributed by atoms with Crippen LogP contribution in [0, 0.1) is 19.3 Å². The van der Waals surface area contributed by atoms with E-state index in [1.54, 1.807) is 12.4 Å². The van der Waals surface area contributed by atoms with Gasteiger partial charge in [-0.25, -0.2) is 4.98 Å². The monoisotopic (exact) mass is 1000 g/mol. The quantitative estimate of drug-likeness (QED) is 0.117. The number of fused-ring (bicyclic) bond motifs is 6. The van der Waals surface area contributed by atoms with E-state index >= 15 is 0 Å². The van der Waals surface area contributed by atoms with Gasteiger partial charge in [-0.1, -0.05) is 86.3 Å². The van der Waals surface area contributed by atoms with Gasteiger partial charge in [0.25, 0.3) is 5.91 Å². The van der Waals surface area contributed by atoms with Crippen LogP contribution in [0.2, 0.25) is 0 Å². The maximum atomic E-state index is 14.8. The predicted molar refractivity (Wildman–Crippen MR) is 250 cm³/mol. The summed E-state index contributed by atoms with van der Waals surface area (Å²) in [6.45, 7) is 8.14. The third kappa shape index (κ3) is 8.07. The van der Waals surface area contributed by atoms with Crippen molar-refractivity contribution < 1.29 is 30.6 Å². The molecule has 1 spiro atoms. The smallest absolute Gasteiger partial charge is 0.260 e. The first-order valence-corrected chi connectivity index (χ1v) is 20.5. The number of aromatic nitrogens is 3. The van der Waals surface area contributed by atoms with Crippen molar-refractivity contribution in [2.24, 2.45) is 0 Å². The first-order valence-electron chi connectivity index (χ1n) is 20.5. The van der Waals surface area contributed by atoms with Crippen LogP contribution in [0.15, 0.2) is 176 Å². The van der Waals surface area contributed by atoms with E-state index in [-0.39, 0.29) is 34.4 Å². The number of ether oxygens (including phenoxy) is 1. The molecule has 2 aliphatic heterocycles. The molecule has 0 aliphatic carbocycles. The van der Waals surface area contributed by atoms with Gasteiger partial charge in [0.2, 0.25) is 0 Å². The number of carbonyl (C=O) groups excluding carboxylic acids is 1. The zero-order valence-electron chi connectivity index (χ0n) is 34.5. The second-order valence-corrected chi connectivity index (χ2v) is 14.9. The minimum atomic E-state index is -0.956. The fraction of sp³-hybridized carbons (Fsp3) is 0.127. The molecule has 7 nitrogen and oxygen atoms in total. The van der Waals surface area contributed by atoms with Gasteiger partial charge in [-0.3, -0.25) is 25.6 Å². The summed E-state index contributed by atoms with van der Waals surface area (Å²) in [7, 11) is 0. The molecule has 8 heteroatoms. The average Bonchev–Trinajstić information content (AvgIpc) is 3.58. The molecule has 0 N–H and O–H groups in total. The van der Waals surface area contributed by atoms with Gasteiger partial charge >= 0.3 is 0 Å². The fourth-order valence-electron chi connectivity index (χ4n) is 8.49. The van der Waals surface area contributed by atoms with Crippen LogP contribution in [0.3, 0.4) is 0 Å². The summed E-state index contributed by atoms with van der Waals surface area (Å²) >= 11 is 0. The van der Waals surface area contributed by atoms with Crippen molar-refractivity contribution in [2.45, 2.75) is 33.7 Å². The van der Waals surface area contributed by atoms with Gasteiger partial charge < -0.3 is 16.1 Å². The van der Waals surface area contributed by atoms with Crippen LogP contribution in [-0.4, -0.2) is 33.9 Å². The van der Waals surface area contributed by atoms with Gasteiger partial charge in [0.1, 0.15) is 17.0 Å². The minimum absolute atomic E-state index is 0. The molecule has 0 saturated heterocycles. The number of benzene rings is 5.